The second-order valence-corrected chi connectivity index (χ2v) is 5.97. The Bertz CT molecular complexity index is 761. The molecule has 0 saturated heterocycles. The van der Waals surface area contributed by atoms with Gasteiger partial charge < -0.3 is 9.88 Å². The third kappa shape index (κ3) is 2.16. The Kier molecular flexibility index (Phi) is 3.05. The highest BCUT2D eigenvalue weighted by Crippen LogP contribution is 2.29. The normalized spacial score (nSPS) is 17.7. The quantitative estimate of drug-likeness (QED) is 0.790. The summed E-state index contributed by atoms with van der Waals surface area (Å²) >= 11 is 1.64. The minimum absolute atomic E-state index is 0.243. The number of fused-ring (bicyclic) bond motifs is 1. The van der Waals surface area contributed by atoms with Gasteiger partial charge in [-0.1, -0.05) is 30.3 Å². The molecule has 2 aromatic heterocycles. The maximum absolute atomic E-state index is 4.73. The fourth-order valence-corrected chi connectivity index (χ4v) is 3.42. The van der Waals surface area contributed by atoms with Crippen LogP contribution in [0.3, 0.4) is 0 Å². The molecule has 0 fully saturated rings. The van der Waals surface area contributed by atoms with Crippen molar-refractivity contribution < 1.29 is 0 Å². The van der Waals surface area contributed by atoms with E-state index in [2.05, 4.69) is 44.5 Å². The molecular weight excluding hydrogens is 282 g/mol. The van der Waals surface area contributed by atoms with Gasteiger partial charge in [0.15, 0.2) is 5.82 Å². The van der Waals surface area contributed by atoms with Gasteiger partial charge in [-0.15, -0.1) is 21.5 Å². The molecule has 1 atom stereocenters. The molecule has 3 aromatic rings. The van der Waals surface area contributed by atoms with Gasteiger partial charge in [0, 0.05) is 24.0 Å². The van der Waals surface area contributed by atoms with Crippen LogP contribution in [0.1, 0.15) is 18.8 Å². The second-order valence-electron chi connectivity index (χ2n) is 5.11. The standard InChI is InChI=1S/C15H15N5S/c1-10-13-18-19-14(20(13)8-7-16-10)12-9-21-15(17-12)11-5-3-2-4-6-11/h2-6,9-10,16H,7-8H2,1H3/t10-/m1/s1. The lowest BCUT2D eigenvalue weighted by atomic mass is 10.2. The van der Waals surface area contributed by atoms with Crippen LogP contribution < -0.4 is 5.32 Å². The van der Waals surface area contributed by atoms with E-state index in [1.807, 2.05) is 18.2 Å². The van der Waals surface area contributed by atoms with E-state index in [9.17, 15) is 0 Å². The Morgan fingerprint density at radius 1 is 1.24 bits per heavy atom. The largest absolute Gasteiger partial charge is 0.307 e. The SMILES string of the molecule is C[C@H]1NCCn2c(-c3csc(-c4ccccc4)n3)nnc21. The Morgan fingerprint density at radius 2 is 2.10 bits per heavy atom. The van der Waals surface area contributed by atoms with Crippen molar-refractivity contribution in [2.75, 3.05) is 6.54 Å². The molecule has 1 N–H and O–H groups in total. The molecule has 1 aromatic carbocycles. The summed E-state index contributed by atoms with van der Waals surface area (Å²) in [5.74, 6) is 1.86. The zero-order chi connectivity index (χ0) is 14.2. The Labute approximate surface area is 126 Å². The maximum Gasteiger partial charge on any atom is 0.183 e. The molecule has 0 aliphatic carbocycles. The van der Waals surface area contributed by atoms with Crippen molar-refractivity contribution in [1.29, 1.82) is 0 Å². The molecular formula is C15H15N5S. The predicted octanol–water partition coefficient (Wildman–Crippen LogP) is 2.73. The maximum atomic E-state index is 4.73. The van der Waals surface area contributed by atoms with Crippen molar-refractivity contribution in [2.45, 2.75) is 19.5 Å². The lowest BCUT2D eigenvalue weighted by Crippen LogP contribution is -2.32. The predicted molar refractivity (Wildman–Crippen MR) is 83.0 cm³/mol. The summed E-state index contributed by atoms with van der Waals surface area (Å²) in [5.41, 5.74) is 2.05. The molecule has 1 aliphatic rings. The van der Waals surface area contributed by atoms with Crippen LogP contribution in [-0.2, 0) is 6.54 Å². The molecule has 1 aliphatic heterocycles. The Hall–Kier alpha value is -2.05. The third-order valence-corrected chi connectivity index (χ3v) is 4.60. The molecule has 0 saturated carbocycles. The van der Waals surface area contributed by atoms with Crippen LogP contribution in [0.5, 0.6) is 0 Å². The summed E-state index contributed by atoms with van der Waals surface area (Å²) in [6.45, 7) is 3.94. The van der Waals surface area contributed by atoms with Gasteiger partial charge in [0.05, 0.1) is 6.04 Å². The zero-order valence-electron chi connectivity index (χ0n) is 11.7. The lowest BCUT2D eigenvalue weighted by molar-refractivity contribution is 0.439. The van der Waals surface area contributed by atoms with E-state index in [0.29, 0.717) is 0 Å². The van der Waals surface area contributed by atoms with Crippen molar-refractivity contribution in [3.63, 3.8) is 0 Å². The summed E-state index contributed by atoms with van der Waals surface area (Å²) < 4.78 is 2.17. The first kappa shape index (κ1) is 12.7. The molecule has 0 spiro atoms. The number of nitrogens with zero attached hydrogens (tertiary/aromatic N) is 4. The minimum atomic E-state index is 0.243. The molecule has 0 radical (unpaired) electrons. The van der Waals surface area contributed by atoms with E-state index in [-0.39, 0.29) is 6.04 Å². The van der Waals surface area contributed by atoms with Crippen LogP contribution in [0.25, 0.3) is 22.1 Å². The van der Waals surface area contributed by atoms with Gasteiger partial charge in [-0.2, -0.15) is 0 Å². The molecule has 0 unspecified atom stereocenters. The smallest absolute Gasteiger partial charge is 0.183 e. The first-order valence-electron chi connectivity index (χ1n) is 7.01. The van der Waals surface area contributed by atoms with Gasteiger partial charge in [0.2, 0.25) is 0 Å². The number of thiazole rings is 1. The Morgan fingerprint density at radius 3 is 2.95 bits per heavy atom. The van der Waals surface area contributed by atoms with E-state index in [1.54, 1.807) is 11.3 Å². The van der Waals surface area contributed by atoms with Gasteiger partial charge in [0.1, 0.15) is 16.5 Å². The van der Waals surface area contributed by atoms with Gasteiger partial charge in [-0.05, 0) is 6.92 Å². The molecule has 0 bridgehead atoms. The van der Waals surface area contributed by atoms with E-state index < -0.39 is 0 Å². The van der Waals surface area contributed by atoms with Gasteiger partial charge in [0.25, 0.3) is 0 Å². The average Bonchev–Trinajstić information content (AvgIpc) is 3.15. The van der Waals surface area contributed by atoms with E-state index in [4.69, 9.17) is 4.98 Å². The fourth-order valence-electron chi connectivity index (χ4n) is 2.62. The summed E-state index contributed by atoms with van der Waals surface area (Å²) in [4.78, 5) is 4.73. The molecule has 106 valence electrons. The summed E-state index contributed by atoms with van der Waals surface area (Å²) in [6, 6.07) is 10.5. The van der Waals surface area contributed by atoms with Crippen LogP contribution in [0.15, 0.2) is 35.7 Å². The number of rotatable bonds is 2. The second kappa shape index (κ2) is 5.05. The highest BCUT2D eigenvalue weighted by atomic mass is 32.1. The van der Waals surface area contributed by atoms with Crippen LogP contribution in [0.2, 0.25) is 0 Å². The van der Waals surface area contributed by atoms with Gasteiger partial charge in [-0.3, -0.25) is 0 Å². The van der Waals surface area contributed by atoms with Crippen LogP contribution in [0.4, 0.5) is 0 Å². The fraction of sp³-hybridized carbons (Fsp3) is 0.267. The molecule has 0 amide bonds. The van der Waals surface area contributed by atoms with E-state index >= 15 is 0 Å². The number of aromatic nitrogens is 4. The number of benzene rings is 1. The summed E-state index contributed by atoms with van der Waals surface area (Å²) in [7, 11) is 0. The van der Waals surface area contributed by atoms with Crippen LogP contribution in [-0.4, -0.2) is 26.3 Å². The number of nitrogens with one attached hydrogen (secondary N) is 1. The molecule has 3 heterocycles. The molecule has 4 rings (SSSR count). The lowest BCUT2D eigenvalue weighted by Gasteiger charge is -2.21. The van der Waals surface area contributed by atoms with Crippen molar-refractivity contribution in [1.82, 2.24) is 25.1 Å². The van der Waals surface area contributed by atoms with Crippen molar-refractivity contribution in [3.8, 4) is 22.1 Å². The van der Waals surface area contributed by atoms with Gasteiger partial charge in [-0.25, -0.2) is 4.98 Å². The van der Waals surface area contributed by atoms with E-state index in [0.717, 1.165) is 41.0 Å². The van der Waals surface area contributed by atoms with Crippen molar-refractivity contribution in [2.24, 2.45) is 0 Å². The monoisotopic (exact) mass is 297 g/mol. The first-order valence-corrected chi connectivity index (χ1v) is 7.88. The molecule has 21 heavy (non-hydrogen) atoms. The number of hydrogen-bond acceptors (Lipinski definition) is 5. The Balaban J connectivity index is 1.74. The van der Waals surface area contributed by atoms with Crippen molar-refractivity contribution in [3.05, 3.63) is 41.5 Å². The number of hydrogen-bond donors (Lipinski definition) is 1. The summed E-state index contributed by atoms with van der Waals surface area (Å²) in [6.07, 6.45) is 0. The van der Waals surface area contributed by atoms with Crippen LogP contribution >= 0.6 is 11.3 Å². The van der Waals surface area contributed by atoms with Crippen LogP contribution in [0, 0.1) is 0 Å². The average molecular weight is 297 g/mol. The first-order chi connectivity index (χ1) is 10.3. The third-order valence-electron chi connectivity index (χ3n) is 3.71. The molecule has 5 nitrogen and oxygen atoms in total. The molecule has 6 heteroatoms. The zero-order valence-corrected chi connectivity index (χ0v) is 12.5. The minimum Gasteiger partial charge on any atom is -0.307 e. The van der Waals surface area contributed by atoms with Crippen molar-refractivity contribution >= 4 is 11.3 Å². The highest BCUT2D eigenvalue weighted by Gasteiger charge is 2.23. The topological polar surface area (TPSA) is 55.6 Å². The van der Waals surface area contributed by atoms with Gasteiger partial charge >= 0.3 is 0 Å². The summed E-state index contributed by atoms with van der Waals surface area (Å²) in [5, 5.41) is 15.1. The highest BCUT2D eigenvalue weighted by molar-refractivity contribution is 7.13. The van der Waals surface area contributed by atoms with E-state index in [1.165, 1.54) is 0 Å².